The minimum atomic E-state index is 0.950. The highest BCUT2D eigenvalue weighted by molar-refractivity contribution is 5.51. The molecule has 0 spiro atoms. The maximum absolute atomic E-state index is 4.47. The smallest absolute Gasteiger partial charge is 0.134 e. The topological polar surface area (TPSA) is 48.4 Å². The lowest BCUT2D eigenvalue weighted by Crippen LogP contribution is -2.47. The minimum absolute atomic E-state index is 0.950. The lowest BCUT2D eigenvalue weighted by molar-refractivity contribution is 0.640. The Morgan fingerprint density at radius 3 is 2.22 bits per heavy atom. The van der Waals surface area contributed by atoms with Crippen molar-refractivity contribution in [3.63, 3.8) is 0 Å². The van der Waals surface area contributed by atoms with Crippen LogP contribution in [0, 0.1) is 0 Å². The Kier molecular flexibility index (Phi) is 4.90. The van der Waals surface area contributed by atoms with E-state index in [2.05, 4.69) is 55.6 Å². The van der Waals surface area contributed by atoms with Gasteiger partial charge in [0.25, 0.3) is 0 Å². The minimum Gasteiger partial charge on any atom is -0.357 e. The summed E-state index contributed by atoms with van der Waals surface area (Å²) in [4.78, 5) is 20.2. The summed E-state index contributed by atoms with van der Waals surface area (Å²) in [5.41, 5.74) is 0. The number of anilines is 3. The molecule has 0 saturated carbocycles. The third kappa shape index (κ3) is 3.52. The van der Waals surface area contributed by atoms with Crippen molar-refractivity contribution < 1.29 is 0 Å². The van der Waals surface area contributed by atoms with Crippen molar-refractivity contribution in [3.8, 4) is 0 Å². The summed E-state index contributed by atoms with van der Waals surface area (Å²) in [5.74, 6) is 3.08. The van der Waals surface area contributed by atoms with Gasteiger partial charge < -0.3 is 14.7 Å². The molecule has 0 bridgehead atoms. The highest BCUT2D eigenvalue weighted by Crippen LogP contribution is 2.20. The predicted octanol–water partition coefficient (Wildman–Crippen LogP) is 2.04. The van der Waals surface area contributed by atoms with E-state index in [9.17, 15) is 0 Å². The van der Waals surface area contributed by atoms with Crippen LogP contribution in [-0.2, 0) is 0 Å². The molecular formula is C17H24N6. The van der Waals surface area contributed by atoms with E-state index in [4.69, 9.17) is 0 Å². The van der Waals surface area contributed by atoms with Gasteiger partial charge in [-0.2, -0.15) is 0 Å². The van der Waals surface area contributed by atoms with E-state index in [0.29, 0.717) is 0 Å². The van der Waals surface area contributed by atoms with Crippen LogP contribution in [0.1, 0.15) is 13.8 Å². The van der Waals surface area contributed by atoms with Crippen molar-refractivity contribution in [2.75, 3.05) is 54.0 Å². The average Bonchev–Trinajstić information content (AvgIpc) is 2.64. The third-order valence-electron chi connectivity index (χ3n) is 4.30. The first-order valence-corrected chi connectivity index (χ1v) is 8.29. The van der Waals surface area contributed by atoms with Gasteiger partial charge in [0, 0.05) is 51.5 Å². The molecule has 0 aliphatic carbocycles. The fourth-order valence-electron chi connectivity index (χ4n) is 2.94. The second-order valence-corrected chi connectivity index (χ2v) is 5.57. The van der Waals surface area contributed by atoms with Crippen LogP contribution in [0.5, 0.6) is 0 Å². The van der Waals surface area contributed by atoms with Gasteiger partial charge in [-0.05, 0) is 26.0 Å². The normalized spacial score (nSPS) is 14.9. The zero-order valence-electron chi connectivity index (χ0n) is 13.9. The molecule has 3 rings (SSSR count). The Balaban J connectivity index is 1.67. The molecule has 1 saturated heterocycles. The highest BCUT2D eigenvalue weighted by Gasteiger charge is 2.19. The molecule has 0 atom stereocenters. The Labute approximate surface area is 137 Å². The molecule has 2 aromatic rings. The van der Waals surface area contributed by atoms with Crippen molar-refractivity contribution in [3.05, 3.63) is 36.8 Å². The van der Waals surface area contributed by atoms with Gasteiger partial charge in [0.15, 0.2) is 0 Å². The highest BCUT2D eigenvalue weighted by atomic mass is 15.3. The first-order valence-electron chi connectivity index (χ1n) is 8.29. The van der Waals surface area contributed by atoms with Gasteiger partial charge in [-0.1, -0.05) is 6.07 Å². The summed E-state index contributed by atoms with van der Waals surface area (Å²) in [5, 5.41) is 0. The van der Waals surface area contributed by atoms with Gasteiger partial charge in [0.2, 0.25) is 0 Å². The number of hydrogen-bond donors (Lipinski definition) is 0. The summed E-state index contributed by atoms with van der Waals surface area (Å²) < 4.78 is 0. The largest absolute Gasteiger partial charge is 0.357 e. The van der Waals surface area contributed by atoms with Crippen LogP contribution >= 0.6 is 0 Å². The van der Waals surface area contributed by atoms with Crippen LogP contribution in [-0.4, -0.2) is 54.2 Å². The lowest BCUT2D eigenvalue weighted by atomic mass is 10.3. The second-order valence-electron chi connectivity index (χ2n) is 5.57. The van der Waals surface area contributed by atoms with E-state index in [0.717, 1.165) is 56.7 Å². The molecule has 0 radical (unpaired) electrons. The standard InChI is InChI=1S/C17H24N6/c1-3-21(4-2)16-13-17(20-14-19-16)23-11-9-22(10-12-23)15-7-5-6-8-18-15/h5-8,13-14H,3-4,9-12H2,1-2H3. The Bertz CT molecular complexity index is 605. The quantitative estimate of drug-likeness (QED) is 0.842. The average molecular weight is 312 g/mol. The van der Waals surface area contributed by atoms with Crippen LogP contribution in [0.2, 0.25) is 0 Å². The van der Waals surface area contributed by atoms with Crippen LogP contribution < -0.4 is 14.7 Å². The maximum Gasteiger partial charge on any atom is 0.134 e. The molecule has 2 aromatic heterocycles. The summed E-state index contributed by atoms with van der Waals surface area (Å²) in [6.07, 6.45) is 3.52. The van der Waals surface area contributed by atoms with Crippen molar-refractivity contribution in [1.29, 1.82) is 0 Å². The zero-order chi connectivity index (χ0) is 16.1. The van der Waals surface area contributed by atoms with E-state index >= 15 is 0 Å². The van der Waals surface area contributed by atoms with Gasteiger partial charge in [0.05, 0.1) is 0 Å². The van der Waals surface area contributed by atoms with Crippen molar-refractivity contribution >= 4 is 17.5 Å². The van der Waals surface area contributed by atoms with Crippen LogP contribution in [0.3, 0.4) is 0 Å². The Morgan fingerprint density at radius 2 is 1.61 bits per heavy atom. The number of pyridine rings is 1. The van der Waals surface area contributed by atoms with E-state index < -0.39 is 0 Å². The fourth-order valence-corrected chi connectivity index (χ4v) is 2.94. The van der Waals surface area contributed by atoms with Crippen LogP contribution in [0.25, 0.3) is 0 Å². The lowest BCUT2D eigenvalue weighted by Gasteiger charge is -2.36. The van der Waals surface area contributed by atoms with E-state index in [1.165, 1.54) is 0 Å². The van der Waals surface area contributed by atoms with Crippen molar-refractivity contribution in [2.24, 2.45) is 0 Å². The molecule has 0 amide bonds. The van der Waals surface area contributed by atoms with E-state index in [1.54, 1.807) is 6.33 Å². The molecule has 6 nitrogen and oxygen atoms in total. The van der Waals surface area contributed by atoms with E-state index in [1.807, 2.05) is 18.3 Å². The zero-order valence-corrected chi connectivity index (χ0v) is 13.9. The van der Waals surface area contributed by atoms with E-state index in [-0.39, 0.29) is 0 Å². The van der Waals surface area contributed by atoms with Gasteiger partial charge in [-0.3, -0.25) is 0 Å². The summed E-state index contributed by atoms with van der Waals surface area (Å²) >= 11 is 0. The number of rotatable bonds is 5. The number of hydrogen-bond acceptors (Lipinski definition) is 6. The Morgan fingerprint density at radius 1 is 0.913 bits per heavy atom. The van der Waals surface area contributed by atoms with Crippen LogP contribution in [0.4, 0.5) is 17.5 Å². The molecule has 0 unspecified atom stereocenters. The molecule has 1 fully saturated rings. The number of aromatic nitrogens is 3. The molecule has 6 heteroatoms. The maximum atomic E-state index is 4.47. The second kappa shape index (κ2) is 7.26. The molecule has 23 heavy (non-hydrogen) atoms. The fraction of sp³-hybridized carbons (Fsp3) is 0.471. The summed E-state index contributed by atoms with van der Waals surface area (Å²) in [6, 6.07) is 8.16. The molecule has 1 aliphatic rings. The van der Waals surface area contributed by atoms with Gasteiger partial charge >= 0.3 is 0 Å². The third-order valence-corrected chi connectivity index (χ3v) is 4.30. The predicted molar refractivity (Wildman–Crippen MR) is 94.3 cm³/mol. The monoisotopic (exact) mass is 312 g/mol. The molecule has 122 valence electrons. The van der Waals surface area contributed by atoms with Crippen molar-refractivity contribution in [2.45, 2.75) is 13.8 Å². The molecule has 0 aromatic carbocycles. The number of piperazine rings is 1. The van der Waals surface area contributed by atoms with Crippen LogP contribution in [0.15, 0.2) is 36.8 Å². The van der Waals surface area contributed by atoms with Gasteiger partial charge in [0.1, 0.15) is 23.8 Å². The summed E-state index contributed by atoms with van der Waals surface area (Å²) in [6.45, 7) is 10.0. The Hall–Kier alpha value is -2.37. The van der Waals surface area contributed by atoms with Gasteiger partial charge in [-0.15, -0.1) is 0 Å². The first-order chi connectivity index (χ1) is 11.3. The first kappa shape index (κ1) is 15.5. The van der Waals surface area contributed by atoms with Gasteiger partial charge in [-0.25, -0.2) is 15.0 Å². The summed E-state index contributed by atoms with van der Waals surface area (Å²) in [7, 11) is 0. The molecule has 0 N–H and O–H groups in total. The molecule has 3 heterocycles. The molecular weight excluding hydrogens is 288 g/mol. The number of nitrogens with zero attached hydrogens (tertiary/aromatic N) is 6. The molecule has 1 aliphatic heterocycles. The van der Waals surface area contributed by atoms with Crippen molar-refractivity contribution in [1.82, 2.24) is 15.0 Å². The SMILES string of the molecule is CCN(CC)c1cc(N2CCN(c3ccccn3)CC2)ncn1.